The molecule has 1 aromatic heterocycles. The number of amides is 2. The van der Waals surface area contributed by atoms with Gasteiger partial charge in [0.05, 0.1) is 33.8 Å². The standard InChI is InChI=1S/C24H19BrCl2FN5O2/c1-33-12-30-23-19(33)9-16(22(21(23)28)32-18-7-4-14(25)8-17(18)27)24(35)29-11-13-2-5-15(6-3-13)31-20(34)10-26/h2-9,12,32H,10-11H2,1H3,(H,29,35)(H,31,34). The van der Waals surface area contributed by atoms with E-state index in [-0.39, 0.29) is 35.1 Å². The summed E-state index contributed by atoms with van der Waals surface area (Å²) in [6, 6.07) is 13.6. The van der Waals surface area contributed by atoms with Crippen molar-refractivity contribution in [2.75, 3.05) is 16.5 Å². The number of nitrogens with one attached hydrogen (secondary N) is 3. The molecule has 1 heterocycles. The van der Waals surface area contributed by atoms with E-state index in [0.29, 0.717) is 21.9 Å². The van der Waals surface area contributed by atoms with Crippen molar-refractivity contribution in [1.29, 1.82) is 0 Å². The molecule has 0 fully saturated rings. The Morgan fingerprint density at radius 3 is 2.57 bits per heavy atom. The molecule has 0 aliphatic carbocycles. The lowest BCUT2D eigenvalue weighted by molar-refractivity contribution is -0.113. The van der Waals surface area contributed by atoms with Crippen LogP contribution >= 0.6 is 39.1 Å². The minimum absolute atomic E-state index is 0.0305. The predicted octanol–water partition coefficient (Wildman–Crippen LogP) is 5.98. The van der Waals surface area contributed by atoms with Gasteiger partial charge in [-0.05, 0) is 42.0 Å². The second-order valence-electron chi connectivity index (χ2n) is 7.65. The van der Waals surface area contributed by atoms with Gasteiger partial charge in [0.25, 0.3) is 5.91 Å². The first-order valence-electron chi connectivity index (χ1n) is 10.4. The van der Waals surface area contributed by atoms with Gasteiger partial charge in [0.2, 0.25) is 5.91 Å². The van der Waals surface area contributed by atoms with E-state index in [9.17, 15) is 9.59 Å². The van der Waals surface area contributed by atoms with Crippen LogP contribution in [0.15, 0.2) is 59.3 Å². The summed E-state index contributed by atoms with van der Waals surface area (Å²) in [6.07, 6.45) is 1.48. The SMILES string of the molecule is Cn1cnc2c(F)c(Nc3ccc(Br)cc3Cl)c(C(=O)NCc3ccc(NC(=O)CCl)cc3)cc21. The van der Waals surface area contributed by atoms with Crippen LogP contribution in [0.2, 0.25) is 5.02 Å². The maximum atomic E-state index is 15.5. The number of aryl methyl sites for hydroxylation is 1. The van der Waals surface area contributed by atoms with Gasteiger partial charge in [-0.1, -0.05) is 39.7 Å². The minimum Gasteiger partial charge on any atom is -0.351 e. The summed E-state index contributed by atoms with van der Waals surface area (Å²) in [5.41, 5.74) is 2.49. The summed E-state index contributed by atoms with van der Waals surface area (Å²) in [4.78, 5) is 28.7. The van der Waals surface area contributed by atoms with E-state index in [1.165, 1.54) is 6.33 Å². The minimum atomic E-state index is -0.661. The van der Waals surface area contributed by atoms with E-state index in [1.807, 2.05) is 0 Å². The predicted molar refractivity (Wildman–Crippen MR) is 140 cm³/mol. The highest BCUT2D eigenvalue weighted by atomic mass is 79.9. The average Bonchev–Trinajstić information content (AvgIpc) is 3.22. The number of benzene rings is 3. The number of hydrogen-bond donors (Lipinski definition) is 3. The molecule has 0 atom stereocenters. The van der Waals surface area contributed by atoms with Gasteiger partial charge in [0.15, 0.2) is 5.82 Å². The summed E-state index contributed by atoms with van der Waals surface area (Å²) in [5, 5.41) is 8.77. The first-order valence-corrected chi connectivity index (χ1v) is 12.1. The summed E-state index contributed by atoms with van der Waals surface area (Å²) < 4.78 is 17.9. The number of aromatic nitrogens is 2. The number of rotatable bonds is 7. The van der Waals surface area contributed by atoms with Crippen molar-refractivity contribution in [2.45, 2.75) is 6.54 Å². The van der Waals surface area contributed by atoms with E-state index in [0.717, 1.165) is 10.0 Å². The van der Waals surface area contributed by atoms with Crippen molar-refractivity contribution in [3.63, 3.8) is 0 Å². The molecule has 0 radical (unpaired) electrons. The summed E-state index contributed by atoms with van der Waals surface area (Å²) >= 11 is 15.2. The summed E-state index contributed by atoms with van der Waals surface area (Å²) in [6.45, 7) is 0.187. The molecule has 0 spiro atoms. The molecule has 0 saturated carbocycles. The molecule has 3 N–H and O–H groups in total. The number of fused-ring (bicyclic) bond motifs is 1. The second-order valence-corrected chi connectivity index (χ2v) is 9.24. The van der Waals surface area contributed by atoms with Crippen LogP contribution in [0.4, 0.5) is 21.5 Å². The molecule has 0 aliphatic heterocycles. The number of anilines is 3. The van der Waals surface area contributed by atoms with Crippen molar-refractivity contribution in [3.8, 4) is 0 Å². The van der Waals surface area contributed by atoms with Crippen molar-refractivity contribution in [1.82, 2.24) is 14.9 Å². The summed E-state index contributed by atoms with van der Waals surface area (Å²) in [7, 11) is 1.72. The van der Waals surface area contributed by atoms with Crippen LogP contribution in [-0.4, -0.2) is 27.2 Å². The first-order chi connectivity index (χ1) is 16.8. The van der Waals surface area contributed by atoms with Gasteiger partial charge < -0.3 is 20.5 Å². The molecule has 4 aromatic rings. The number of halogens is 4. The number of hydrogen-bond acceptors (Lipinski definition) is 4. The Kier molecular flexibility index (Phi) is 7.59. The van der Waals surface area contributed by atoms with Crippen molar-refractivity contribution in [3.05, 3.63) is 81.3 Å². The average molecular weight is 579 g/mol. The molecule has 35 heavy (non-hydrogen) atoms. The van der Waals surface area contributed by atoms with Crippen LogP contribution in [0, 0.1) is 5.82 Å². The highest BCUT2D eigenvalue weighted by molar-refractivity contribution is 9.10. The summed E-state index contributed by atoms with van der Waals surface area (Å²) in [5.74, 6) is -1.60. The topological polar surface area (TPSA) is 88.1 Å². The van der Waals surface area contributed by atoms with Gasteiger partial charge in [-0.3, -0.25) is 9.59 Å². The normalized spacial score (nSPS) is 10.9. The third-order valence-corrected chi connectivity index (χ3v) is 6.26. The maximum Gasteiger partial charge on any atom is 0.253 e. The molecule has 0 bridgehead atoms. The quantitative estimate of drug-likeness (QED) is 0.235. The van der Waals surface area contributed by atoms with Crippen molar-refractivity contribution < 1.29 is 14.0 Å². The first kappa shape index (κ1) is 25.0. The van der Waals surface area contributed by atoms with Crippen LogP contribution in [0.3, 0.4) is 0 Å². The Morgan fingerprint density at radius 1 is 1.14 bits per heavy atom. The molecule has 7 nitrogen and oxygen atoms in total. The third kappa shape index (κ3) is 5.58. The number of nitrogens with zero attached hydrogens (tertiary/aromatic N) is 2. The number of carbonyl (C=O) groups is 2. The Hall–Kier alpha value is -3.14. The fourth-order valence-electron chi connectivity index (χ4n) is 3.43. The van der Waals surface area contributed by atoms with E-state index in [2.05, 4.69) is 36.9 Å². The van der Waals surface area contributed by atoms with E-state index in [1.54, 1.807) is 60.1 Å². The zero-order chi connectivity index (χ0) is 25.1. The third-order valence-electron chi connectivity index (χ3n) is 5.21. The van der Waals surface area contributed by atoms with Crippen molar-refractivity contribution in [2.24, 2.45) is 7.05 Å². The van der Waals surface area contributed by atoms with Gasteiger partial charge in [0.1, 0.15) is 11.4 Å². The van der Waals surface area contributed by atoms with Gasteiger partial charge in [-0.2, -0.15) is 0 Å². The van der Waals surface area contributed by atoms with E-state index in [4.69, 9.17) is 23.2 Å². The molecule has 2 amide bonds. The van der Waals surface area contributed by atoms with Crippen molar-refractivity contribution >= 4 is 79.0 Å². The highest BCUT2D eigenvalue weighted by Gasteiger charge is 2.22. The molecule has 0 unspecified atom stereocenters. The molecule has 0 saturated heterocycles. The van der Waals surface area contributed by atoms with E-state index < -0.39 is 11.7 Å². The monoisotopic (exact) mass is 577 g/mol. The Labute approximate surface area is 218 Å². The molecular formula is C24H19BrCl2FN5O2. The van der Waals surface area contributed by atoms with Gasteiger partial charge in [-0.25, -0.2) is 9.37 Å². The molecule has 11 heteroatoms. The van der Waals surface area contributed by atoms with Gasteiger partial charge in [-0.15, -0.1) is 11.6 Å². The van der Waals surface area contributed by atoms with Crippen LogP contribution in [-0.2, 0) is 18.4 Å². The largest absolute Gasteiger partial charge is 0.351 e. The Balaban J connectivity index is 1.61. The lowest BCUT2D eigenvalue weighted by atomic mass is 10.1. The fourth-order valence-corrected chi connectivity index (χ4v) is 4.22. The molecule has 0 aliphatic rings. The van der Waals surface area contributed by atoms with Crippen LogP contribution in [0.1, 0.15) is 15.9 Å². The van der Waals surface area contributed by atoms with Gasteiger partial charge >= 0.3 is 0 Å². The fraction of sp³-hybridized carbons (Fsp3) is 0.125. The smallest absolute Gasteiger partial charge is 0.253 e. The van der Waals surface area contributed by atoms with Gasteiger partial charge in [0, 0.05) is 23.8 Å². The number of carbonyl (C=O) groups excluding carboxylic acids is 2. The Bertz CT molecular complexity index is 1430. The van der Waals surface area contributed by atoms with Crippen LogP contribution < -0.4 is 16.0 Å². The van der Waals surface area contributed by atoms with Crippen LogP contribution in [0.25, 0.3) is 11.0 Å². The molecular weight excluding hydrogens is 560 g/mol. The second kappa shape index (κ2) is 10.6. The maximum absolute atomic E-state index is 15.5. The zero-order valence-electron chi connectivity index (χ0n) is 18.3. The zero-order valence-corrected chi connectivity index (χ0v) is 21.4. The molecule has 4 rings (SSSR count). The van der Waals surface area contributed by atoms with Crippen LogP contribution in [0.5, 0.6) is 0 Å². The Morgan fingerprint density at radius 2 is 1.89 bits per heavy atom. The lowest BCUT2D eigenvalue weighted by Gasteiger charge is -2.15. The van der Waals surface area contributed by atoms with E-state index >= 15 is 4.39 Å². The number of imidazole rings is 1. The number of alkyl halides is 1. The lowest BCUT2D eigenvalue weighted by Crippen LogP contribution is -2.24. The molecule has 180 valence electrons. The highest BCUT2D eigenvalue weighted by Crippen LogP contribution is 2.34. The molecule has 3 aromatic carbocycles.